The number of nitro groups is 1. The van der Waals surface area contributed by atoms with E-state index in [1.54, 1.807) is 24.5 Å². The van der Waals surface area contributed by atoms with Gasteiger partial charge in [0.1, 0.15) is 5.69 Å². The van der Waals surface area contributed by atoms with Crippen molar-refractivity contribution in [1.82, 2.24) is 19.7 Å². The highest BCUT2D eigenvalue weighted by atomic mass is 32.2. The number of nitrogens with zero attached hydrogens (tertiary/aromatic N) is 5. The number of aromatic nitrogens is 4. The Hall–Kier alpha value is -4.05. The molecule has 2 aromatic heterocycles. The summed E-state index contributed by atoms with van der Waals surface area (Å²) in [7, 11) is 0. The maximum Gasteiger partial charge on any atom is 0.292 e. The Morgan fingerprint density at radius 1 is 1.00 bits per heavy atom. The third-order valence-corrected chi connectivity index (χ3v) is 5.22. The van der Waals surface area contributed by atoms with E-state index in [-0.39, 0.29) is 23.0 Å². The summed E-state index contributed by atoms with van der Waals surface area (Å²) in [5.74, 6) is 0.246. The fourth-order valence-corrected chi connectivity index (χ4v) is 3.67. The average molecular weight is 432 g/mol. The standard InChI is InChI=1S/C21H16N6O3S/c28-19(23-17-8-4-5-9-18(17)27(29)30)14-31-21-25-24-20(15-10-12-22-13-11-15)26(21)16-6-2-1-3-7-16/h1-13H,14H2,(H,23,28). The van der Waals surface area contributed by atoms with Crippen LogP contribution in [0.2, 0.25) is 0 Å². The Morgan fingerprint density at radius 2 is 1.71 bits per heavy atom. The number of carbonyl (C=O) groups is 1. The number of hydrogen-bond donors (Lipinski definition) is 1. The molecule has 0 fully saturated rings. The second-order valence-corrected chi connectivity index (χ2v) is 7.27. The van der Waals surface area contributed by atoms with Crippen molar-refractivity contribution < 1.29 is 9.72 Å². The van der Waals surface area contributed by atoms with Gasteiger partial charge in [0.25, 0.3) is 5.69 Å². The molecule has 1 N–H and O–H groups in total. The third kappa shape index (κ3) is 4.59. The molecule has 4 rings (SSSR count). The van der Waals surface area contributed by atoms with Crippen molar-refractivity contribution in [2.45, 2.75) is 5.16 Å². The van der Waals surface area contributed by atoms with Crippen molar-refractivity contribution in [3.63, 3.8) is 0 Å². The normalized spacial score (nSPS) is 10.6. The number of carbonyl (C=O) groups excluding carboxylic acids is 1. The number of nitrogens with one attached hydrogen (secondary N) is 1. The maximum absolute atomic E-state index is 12.5. The molecule has 0 aliphatic carbocycles. The molecule has 31 heavy (non-hydrogen) atoms. The monoisotopic (exact) mass is 432 g/mol. The SMILES string of the molecule is O=C(CSc1nnc(-c2ccncc2)n1-c1ccccc1)Nc1ccccc1[N+](=O)[O-]. The second-order valence-electron chi connectivity index (χ2n) is 6.32. The summed E-state index contributed by atoms with van der Waals surface area (Å²) in [6, 6.07) is 19.2. The molecule has 2 aromatic carbocycles. The lowest BCUT2D eigenvalue weighted by Crippen LogP contribution is -2.15. The molecule has 0 saturated heterocycles. The zero-order valence-corrected chi connectivity index (χ0v) is 16.9. The number of thioether (sulfide) groups is 1. The molecule has 154 valence electrons. The van der Waals surface area contributed by atoms with E-state index in [4.69, 9.17) is 0 Å². The molecule has 0 aliphatic heterocycles. The fraction of sp³-hybridized carbons (Fsp3) is 0.0476. The van der Waals surface area contributed by atoms with Crippen LogP contribution in [-0.2, 0) is 4.79 Å². The summed E-state index contributed by atoms with van der Waals surface area (Å²) in [6.07, 6.45) is 3.35. The van der Waals surface area contributed by atoms with Crippen LogP contribution in [0.25, 0.3) is 17.1 Å². The lowest BCUT2D eigenvalue weighted by Gasteiger charge is -2.10. The molecule has 2 heterocycles. The number of amides is 1. The average Bonchev–Trinajstić information content (AvgIpc) is 3.23. The van der Waals surface area contributed by atoms with Gasteiger partial charge in [-0.1, -0.05) is 42.1 Å². The Kier molecular flexibility index (Phi) is 5.99. The number of pyridine rings is 1. The highest BCUT2D eigenvalue weighted by molar-refractivity contribution is 7.99. The maximum atomic E-state index is 12.5. The Morgan fingerprint density at radius 3 is 2.45 bits per heavy atom. The Labute approximate surface area is 181 Å². The summed E-state index contributed by atoms with van der Waals surface area (Å²) in [5, 5.41) is 22.8. The molecule has 0 atom stereocenters. The number of para-hydroxylation sites is 3. The summed E-state index contributed by atoms with van der Waals surface area (Å²) in [4.78, 5) is 27.1. The van der Waals surface area contributed by atoms with Crippen LogP contribution < -0.4 is 5.32 Å². The molecule has 0 saturated carbocycles. The van der Waals surface area contributed by atoms with Crippen LogP contribution in [0.4, 0.5) is 11.4 Å². The first-order valence-corrected chi connectivity index (χ1v) is 10.2. The first-order chi connectivity index (χ1) is 15.1. The van der Waals surface area contributed by atoms with Crippen LogP contribution >= 0.6 is 11.8 Å². The van der Waals surface area contributed by atoms with Crippen molar-refractivity contribution >= 4 is 29.0 Å². The second kappa shape index (κ2) is 9.18. The highest BCUT2D eigenvalue weighted by Crippen LogP contribution is 2.28. The van der Waals surface area contributed by atoms with E-state index in [0.717, 1.165) is 11.3 Å². The number of anilines is 1. The molecule has 0 bridgehead atoms. The van der Waals surface area contributed by atoms with Crippen LogP contribution in [-0.4, -0.2) is 36.3 Å². The number of rotatable bonds is 7. The topological polar surface area (TPSA) is 116 Å². The van der Waals surface area contributed by atoms with Gasteiger partial charge in [-0.25, -0.2) is 0 Å². The molecular weight excluding hydrogens is 416 g/mol. The first kappa shape index (κ1) is 20.2. The molecular formula is C21H16N6O3S. The minimum absolute atomic E-state index is 0.00730. The lowest BCUT2D eigenvalue weighted by molar-refractivity contribution is -0.383. The van der Waals surface area contributed by atoms with Crippen LogP contribution in [0.15, 0.2) is 84.3 Å². The minimum atomic E-state index is -0.532. The zero-order valence-electron chi connectivity index (χ0n) is 16.1. The van der Waals surface area contributed by atoms with Crippen LogP contribution in [0.1, 0.15) is 0 Å². The molecule has 0 unspecified atom stereocenters. The zero-order chi connectivity index (χ0) is 21.6. The smallest absolute Gasteiger partial charge is 0.292 e. The summed E-state index contributed by atoms with van der Waals surface area (Å²) < 4.78 is 1.86. The van der Waals surface area contributed by atoms with E-state index < -0.39 is 4.92 Å². The van der Waals surface area contributed by atoms with E-state index in [0.29, 0.717) is 11.0 Å². The van der Waals surface area contributed by atoms with E-state index in [2.05, 4.69) is 20.5 Å². The van der Waals surface area contributed by atoms with Crippen molar-refractivity contribution in [2.75, 3.05) is 11.1 Å². The largest absolute Gasteiger partial charge is 0.320 e. The van der Waals surface area contributed by atoms with Crippen molar-refractivity contribution in [2.24, 2.45) is 0 Å². The fourth-order valence-electron chi connectivity index (χ4n) is 2.92. The molecule has 1 amide bonds. The predicted molar refractivity (Wildman–Crippen MR) is 117 cm³/mol. The molecule has 0 radical (unpaired) electrons. The van der Waals surface area contributed by atoms with Gasteiger partial charge in [-0.05, 0) is 30.3 Å². The molecule has 0 aliphatic rings. The van der Waals surface area contributed by atoms with E-state index in [1.165, 1.54) is 23.9 Å². The highest BCUT2D eigenvalue weighted by Gasteiger charge is 2.19. The van der Waals surface area contributed by atoms with Crippen molar-refractivity contribution in [3.8, 4) is 17.1 Å². The van der Waals surface area contributed by atoms with Gasteiger partial charge in [0, 0.05) is 29.7 Å². The van der Waals surface area contributed by atoms with Crippen LogP contribution in [0.3, 0.4) is 0 Å². The number of benzene rings is 2. The van der Waals surface area contributed by atoms with E-state index in [1.807, 2.05) is 47.0 Å². The summed E-state index contributed by atoms with van der Waals surface area (Å²) >= 11 is 1.19. The van der Waals surface area contributed by atoms with Gasteiger partial charge in [-0.3, -0.25) is 24.5 Å². The lowest BCUT2D eigenvalue weighted by atomic mass is 10.2. The third-order valence-electron chi connectivity index (χ3n) is 4.29. The van der Waals surface area contributed by atoms with Crippen molar-refractivity contribution in [3.05, 3.63) is 89.2 Å². The molecule has 10 heteroatoms. The van der Waals surface area contributed by atoms with Gasteiger partial charge in [0.2, 0.25) is 5.91 Å². The van der Waals surface area contributed by atoms with Gasteiger partial charge in [0.05, 0.1) is 10.7 Å². The predicted octanol–water partition coefficient (Wildman–Crippen LogP) is 3.97. The molecule has 4 aromatic rings. The Balaban J connectivity index is 1.57. The van der Waals surface area contributed by atoms with Gasteiger partial charge < -0.3 is 5.32 Å². The Bertz CT molecular complexity index is 1210. The van der Waals surface area contributed by atoms with E-state index >= 15 is 0 Å². The first-order valence-electron chi connectivity index (χ1n) is 9.21. The number of hydrogen-bond acceptors (Lipinski definition) is 7. The van der Waals surface area contributed by atoms with Crippen molar-refractivity contribution in [1.29, 1.82) is 0 Å². The summed E-state index contributed by atoms with van der Waals surface area (Å²) in [5.41, 5.74) is 1.68. The van der Waals surface area contributed by atoms with Gasteiger partial charge in [0.15, 0.2) is 11.0 Å². The van der Waals surface area contributed by atoms with Gasteiger partial charge >= 0.3 is 0 Å². The quantitative estimate of drug-likeness (QED) is 0.267. The number of nitro benzene ring substituents is 1. The van der Waals surface area contributed by atoms with Gasteiger partial charge in [-0.2, -0.15) is 0 Å². The van der Waals surface area contributed by atoms with E-state index in [9.17, 15) is 14.9 Å². The van der Waals surface area contributed by atoms with Gasteiger partial charge in [-0.15, -0.1) is 10.2 Å². The molecule has 9 nitrogen and oxygen atoms in total. The van der Waals surface area contributed by atoms with Crippen LogP contribution in [0.5, 0.6) is 0 Å². The van der Waals surface area contributed by atoms with Crippen LogP contribution in [0, 0.1) is 10.1 Å². The minimum Gasteiger partial charge on any atom is -0.320 e. The molecule has 0 spiro atoms. The summed E-state index contributed by atoms with van der Waals surface area (Å²) in [6.45, 7) is 0.